The van der Waals surface area contributed by atoms with Crippen LogP contribution in [0, 0.1) is 11.6 Å². The fraction of sp³-hybridized carbons (Fsp3) is 0.286. The molecule has 0 aliphatic carbocycles. The van der Waals surface area contributed by atoms with Crippen LogP contribution in [-0.4, -0.2) is 21.8 Å². The first-order valence-electron chi connectivity index (χ1n) is 6.15. The summed E-state index contributed by atoms with van der Waals surface area (Å²) in [7, 11) is 0. The number of carbonyl (C=O) groups is 1. The molecule has 0 spiro atoms. The first kappa shape index (κ1) is 14.2. The zero-order chi connectivity index (χ0) is 14.7. The molecule has 0 aromatic heterocycles. The molecule has 0 saturated heterocycles. The van der Waals surface area contributed by atoms with E-state index in [9.17, 15) is 13.6 Å². The Bertz CT molecular complexity index is 577. The molecule has 6 heteroatoms. The van der Waals surface area contributed by atoms with Gasteiger partial charge in [0.15, 0.2) is 0 Å². The summed E-state index contributed by atoms with van der Waals surface area (Å²) >= 11 is 0. The molecule has 1 aliphatic rings. The number of halogens is 2. The minimum atomic E-state index is -1.05. The Balaban J connectivity index is 2.31. The average Bonchev–Trinajstić information content (AvgIpc) is 2.56. The molecule has 0 amide bonds. The molecule has 1 heterocycles. The fourth-order valence-corrected chi connectivity index (χ4v) is 1.95. The molecule has 1 N–H and O–H groups in total. The number of hydrazone groups is 1. The average molecular weight is 280 g/mol. The standard InChI is InChI=1S/C14H14F2N2O2/c1-9-5-6-10(14(19)20)7-18(17-9)8-11-12(15)3-2-4-13(11)16/h2-4,7H,5-6,8H2,1H3,(H,19,20). The van der Waals surface area contributed by atoms with Crippen LogP contribution in [0.2, 0.25) is 0 Å². The van der Waals surface area contributed by atoms with Gasteiger partial charge in [-0.3, -0.25) is 5.01 Å². The first-order valence-corrected chi connectivity index (χ1v) is 6.15. The number of hydrogen-bond donors (Lipinski definition) is 1. The number of carboxylic acid groups (broad SMARTS) is 1. The van der Waals surface area contributed by atoms with E-state index < -0.39 is 17.6 Å². The minimum absolute atomic E-state index is 0.132. The van der Waals surface area contributed by atoms with E-state index in [0.717, 1.165) is 12.1 Å². The molecular formula is C14H14F2N2O2. The van der Waals surface area contributed by atoms with Crippen molar-refractivity contribution in [2.45, 2.75) is 26.3 Å². The van der Waals surface area contributed by atoms with Gasteiger partial charge in [-0.15, -0.1) is 0 Å². The van der Waals surface area contributed by atoms with Crippen LogP contribution in [0.15, 0.2) is 35.1 Å². The van der Waals surface area contributed by atoms with Gasteiger partial charge >= 0.3 is 5.97 Å². The van der Waals surface area contributed by atoms with Gasteiger partial charge in [-0.25, -0.2) is 13.6 Å². The molecule has 1 aromatic rings. The lowest BCUT2D eigenvalue weighted by Gasteiger charge is -2.16. The monoisotopic (exact) mass is 280 g/mol. The highest BCUT2D eigenvalue weighted by Gasteiger charge is 2.17. The van der Waals surface area contributed by atoms with Crippen molar-refractivity contribution < 1.29 is 18.7 Å². The molecular weight excluding hydrogens is 266 g/mol. The summed E-state index contributed by atoms with van der Waals surface area (Å²) in [5, 5.41) is 14.5. The van der Waals surface area contributed by atoms with Crippen LogP contribution in [-0.2, 0) is 11.3 Å². The normalized spacial score (nSPS) is 15.4. The summed E-state index contributed by atoms with van der Waals surface area (Å²) < 4.78 is 27.2. The lowest BCUT2D eigenvalue weighted by Crippen LogP contribution is -2.14. The van der Waals surface area contributed by atoms with E-state index in [1.54, 1.807) is 6.92 Å². The van der Waals surface area contributed by atoms with Gasteiger partial charge in [0.05, 0.1) is 12.1 Å². The third-order valence-corrected chi connectivity index (χ3v) is 3.02. The van der Waals surface area contributed by atoms with Crippen molar-refractivity contribution in [2.24, 2.45) is 5.10 Å². The van der Waals surface area contributed by atoms with Gasteiger partial charge in [-0.05, 0) is 31.9 Å². The summed E-state index contributed by atoms with van der Waals surface area (Å²) in [6.45, 7) is 1.61. The van der Waals surface area contributed by atoms with E-state index in [1.165, 1.54) is 17.3 Å². The van der Waals surface area contributed by atoms with Gasteiger partial charge in [0, 0.05) is 17.5 Å². The molecule has 0 unspecified atom stereocenters. The van der Waals surface area contributed by atoms with E-state index in [2.05, 4.69) is 5.10 Å². The predicted molar refractivity (Wildman–Crippen MR) is 70.0 cm³/mol. The van der Waals surface area contributed by atoms with Crippen molar-refractivity contribution in [3.8, 4) is 0 Å². The SMILES string of the molecule is CC1=NN(Cc2c(F)cccc2F)C=C(C(=O)O)CC1. The van der Waals surface area contributed by atoms with Gasteiger partial charge in [-0.1, -0.05) is 6.07 Å². The van der Waals surface area contributed by atoms with Crippen molar-refractivity contribution in [1.29, 1.82) is 0 Å². The van der Waals surface area contributed by atoms with Gasteiger partial charge in [-0.2, -0.15) is 5.10 Å². The Kier molecular flexibility index (Phi) is 4.12. The third kappa shape index (κ3) is 3.20. The van der Waals surface area contributed by atoms with Crippen LogP contribution in [0.5, 0.6) is 0 Å². The molecule has 0 radical (unpaired) electrons. The predicted octanol–water partition coefficient (Wildman–Crippen LogP) is 2.91. The number of nitrogens with zero attached hydrogens (tertiary/aromatic N) is 2. The Morgan fingerprint density at radius 3 is 2.60 bits per heavy atom. The van der Waals surface area contributed by atoms with E-state index in [0.29, 0.717) is 18.6 Å². The van der Waals surface area contributed by atoms with Gasteiger partial charge < -0.3 is 5.11 Å². The number of hydrogen-bond acceptors (Lipinski definition) is 3. The van der Waals surface area contributed by atoms with Crippen molar-refractivity contribution in [1.82, 2.24) is 5.01 Å². The molecule has 2 rings (SSSR count). The molecule has 0 fully saturated rings. The van der Waals surface area contributed by atoms with E-state index in [4.69, 9.17) is 5.11 Å². The summed E-state index contributed by atoms with van der Waals surface area (Å²) in [5.74, 6) is -2.39. The highest BCUT2D eigenvalue weighted by Crippen LogP contribution is 2.19. The van der Waals surface area contributed by atoms with Crippen LogP contribution in [0.25, 0.3) is 0 Å². The van der Waals surface area contributed by atoms with Crippen LogP contribution < -0.4 is 0 Å². The van der Waals surface area contributed by atoms with Crippen LogP contribution in [0.3, 0.4) is 0 Å². The van der Waals surface area contributed by atoms with Gasteiger partial charge in [0.2, 0.25) is 0 Å². The second-order valence-corrected chi connectivity index (χ2v) is 4.59. The van der Waals surface area contributed by atoms with Crippen molar-refractivity contribution in [2.75, 3.05) is 0 Å². The quantitative estimate of drug-likeness (QED) is 0.926. The Labute approximate surface area is 115 Å². The lowest BCUT2D eigenvalue weighted by molar-refractivity contribution is -0.132. The van der Waals surface area contributed by atoms with Crippen LogP contribution in [0.4, 0.5) is 8.78 Å². The topological polar surface area (TPSA) is 52.9 Å². The maximum absolute atomic E-state index is 13.6. The zero-order valence-electron chi connectivity index (χ0n) is 10.9. The van der Waals surface area contributed by atoms with E-state index in [-0.39, 0.29) is 17.7 Å². The molecule has 106 valence electrons. The Morgan fingerprint density at radius 2 is 2.00 bits per heavy atom. The molecule has 1 aliphatic heterocycles. The molecule has 4 nitrogen and oxygen atoms in total. The highest BCUT2D eigenvalue weighted by molar-refractivity contribution is 5.89. The maximum atomic E-state index is 13.6. The van der Waals surface area contributed by atoms with E-state index >= 15 is 0 Å². The van der Waals surface area contributed by atoms with Crippen molar-refractivity contribution in [3.63, 3.8) is 0 Å². The third-order valence-electron chi connectivity index (χ3n) is 3.02. The molecule has 0 saturated carbocycles. The minimum Gasteiger partial charge on any atom is -0.478 e. The fourth-order valence-electron chi connectivity index (χ4n) is 1.95. The smallest absolute Gasteiger partial charge is 0.333 e. The summed E-state index contributed by atoms with van der Waals surface area (Å²) in [4.78, 5) is 11.1. The van der Waals surface area contributed by atoms with Crippen molar-refractivity contribution >= 4 is 11.7 Å². The number of benzene rings is 1. The molecule has 0 bridgehead atoms. The van der Waals surface area contributed by atoms with Gasteiger partial charge in [0.25, 0.3) is 0 Å². The second kappa shape index (κ2) is 5.81. The molecule has 1 aromatic carbocycles. The Morgan fingerprint density at radius 1 is 1.35 bits per heavy atom. The largest absolute Gasteiger partial charge is 0.478 e. The first-order chi connectivity index (χ1) is 9.47. The van der Waals surface area contributed by atoms with Crippen molar-refractivity contribution in [3.05, 3.63) is 47.2 Å². The van der Waals surface area contributed by atoms with Gasteiger partial charge in [0.1, 0.15) is 11.6 Å². The van der Waals surface area contributed by atoms with Crippen LogP contribution in [0.1, 0.15) is 25.3 Å². The molecule has 20 heavy (non-hydrogen) atoms. The van der Waals surface area contributed by atoms with E-state index in [1.807, 2.05) is 0 Å². The molecule has 0 atom stereocenters. The maximum Gasteiger partial charge on any atom is 0.333 e. The lowest BCUT2D eigenvalue weighted by atomic mass is 10.1. The summed E-state index contributed by atoms with van der Waals surface area (Å²) in [6.07, 6.45) is 2.18. The summed E-state index contributed by atoms with van der Waals surface area (Å²) in [6, 6.07) is 3.60. The number of rotatable bonds is 3. The zero-order valence-corrected chi connectivity index (χ0v) is 10.9. The highest BCUT2D eigenvalue weighted by atomic mass is 19.1. The summed E-state index contributed by atoms with van der Waals surface area (Å²) in [5.41, 5.74) is 0.753. The Hall–Kier alpha value is -2.24. The number of carboxylic acids is 1. The number of aliphatic carboxylic acids is 1. The van der Waals surface area contributed by atoms with Crippen LogP contribution >= 0.6 is 0 Å². The second-order valence-electron chi connectivity index (χ2n) is 4.59.